The van der Waals surface area contributed by atoms with Gasteiger partial charge in [0.2, 0.25) is 0 Å². The molecule has 0 fully saturated rings. The first-order valence-corrected chi connectivity index (χ1v) is 12.6. The van der Waals surface area contributed by atoms with E-state index in [1.54, 1.807) is 28.8 Å². The molecule has 0 aliphatic heterocycles. The van der Waals surface area contributed by atoms with Crippen molar-refractivity contribution in [2.45, 2.75) is 23.6 Å². The van der Waals surface area contributed by atoms with Crippen molar-refractivity contribution in [3.05, 3.63) is 89.2 Å². The SMILES string of the molecule is COc1ccc(C(=O)NCc2nnc(SCc3ccc(C(F)(F)F)cc3)n2-c2ccccc2OC)cc1OC. The Hall–Kier alpha value is -4.19. The molecule has 4 aromatic rings. The molecule has 0 aliphatic carbocycles. The van der Waals surface area contributed by atoms with Crippen LogP contribution in [0.15, 0.2) is 71.9 Å². The van der Waals surface area contributed by atoms with E-state index in [0.29, 0.717) is 50.8 Å². The van der Waals surface area contributed by atoms with E-state index in [1.807, 2.05) is 18.2 Å². The Labute approximate surface area is 227 Å². The number of para-hydroxylation sites is 2. The molecule has 3 aromatic carbocycles. The van der Waals surface area contributed by atoms with Gasteiger partial charge in [0.1, 0.15) is 5.75 Å². The summed E-state index contributed by atoms with van der Waals surface area (Å²) in [5, 5.41) is 11.9. The fraction of sp³-hybridized carbons (Fsp3) is 0.222. The monoisotopic (exact) mass is 558 g/mol. The van der Waals surface area contributed by atoms with Crippen LogP contribution in [0.1, 0.15) is 27.3 Å². The Kier molecular flexibility index (Phi) is 8.65. The van der Waals surface area contributed by atoms with E-state index < -0.39 is 11.7 Å². The second kappa shape index (κ2) is 12.1. The van der Waals surface area contributed by atoms with E-state index in [0.717, 1.165) is 12.1 Å². The molecule has 0 unspecified atom stereocenters. The van der Waals surface area contributed by atoms with Crippen LogP contribution in [0.25, 0.3) is 5.69 Å². The van der Waals surface area contributed by atoms with Crippen molar-refractivity contribution >= 4 is 17.7 Å². The Balaban J connectivity index is 1.58. The molecule has 39 heavy (non-hydrogen) atoms. The highest BCUT2D eigenvalue weighted by molar-refractivity contribution is 7.98. The van der Waals surface area contributed by atoms with Crippen LogP contribution in [-0.2, 0) is 18.5 Å². The molecule has 0 aliphatic rings. The van der Waals surface area contributed by atoms with Crippen molar-refractivity contribution in [3.63, 3.8) is 0 Å². The fourth-order valence-electron chi connectivity index (χ4n) is 3.74. The summed E-state index contributed by atoms with van der Waals surface area (Å²) < 4.78 is 56.5. The molecule has 0 saturated carbocycles. The summed E-state index contributed by atoms with van der Waals surface area (Å²) in [5.41, 5.74) is 0.995. The highest BCUT2D eigenvalue weighted by Crippen LogP contribution is 2.32. The van der Waals surface area contributed by atoms with Gasteiger partial charge in [-0.25, -0.2) is 0 Å². The third-order valence-corrected chi connectivity index (χ3v) is 6.73. The highest BCUT2D eigenvalue weighted by Gasteiger charge is 2.30. The predicted molar refractivity (Wildman–Crippen MR) is 140 cm³/mol. The number of hydrogen-bond donors (Lipinski definition) is 1. The number of amides is 1. The first kappa shape index (κ1) is 27.8. The van der Waals surface area contributed by atoms with Gasteiger partial charge in [0, 0.05) is 11.3 Å². The molecule has 12 heteroatoms. The second-order valence-electron chi connectivity index (χ2n) is 8.14. The number of aromatic nitrogens is 3. The van der Waals surface area contributed by atoms with E-state index >= 15 is 0 Å². The number of thioether (sulfide) groups is 1. The number of hydrogen-bond acceptors (Lipinski definition) is 7. The number of halogens is 3. The van der Waals surface area contributed by atoms with E-state index in [1.165, 1.54) is 45.2 Å². The van der Waals surface area contributed by atoms with Gasteiger partial charge in [-0.1, -0.05) is 36.0 Å². The molecule has 4 rings (SSSR count). The quantitative estimate of drug-likeness (QED) is 0.256. The topological polar surface area (TPSA) is 87.5 Å². The molecule has 1 amide bonds. The molecule has 0 spiro atoms. The average molecular weight is 559 g/mol. The van der Waals surface area contributed by atoms with Crippen LogP contribution in [0.2, 0.25) is 0 Å². The third kappa shape index (κ3) is 6.45. The van der Waals surface area contributed by atoms with Gasteiger partial charge in [0.15, 0.2) is 22.5 Å². The van der Waals surface area contributed by atoms with Crippen LogP contribution >= 0.6 is 11.8 Å². The molecule has 1 aromatic heterocycles. The van der Waals surface area contributed by atoms with E-state index in [9.17, 15) is 18.0 Å². The molecule has 0 radical (unpaired) electrons. The van der Waals surface area contributed by atoms with Crippen LogP contribution in [0.3, 0.4) is 0 Å². The van der Waals surface area contributed by atoms with Crippen molar-refractivity contribution < 1.29 is 32.2 Å². The summed E-state index contributed by atoms with van der Waals surface area (Å²) in [7, 11) is 4.53. The van der Waals surface area contributed by atoms with Gasteiger partial charge in [-0.05, 0) is 48.0 Å². The van der Waals surface area contributed by atoms with Gasteiger partial charge < -0.3 is 19.5 Å². The van der Waals surface area contributed by atoms with Crippen molar-refractivity contribution in [1.82, 2.24) is 20.1 Å². The van der Waals surface area contributed by atoms with E-state index in [4.69, 9.17) is 14.2 Å². The molecular formula is C27H25F3N4O4S. The van der Waals surface area contributed by atoms with Gasteiger partial charge in [-0.15, -0.1) is 10.2 Å². The molecular weight excluding hydrogens is 533 g/mol. The van der Waals surface area contributed by atoms with Crippen molar-refractivity contribution in [2.24, 2.45) is 0 Å². The standard InChI is InChI=1S/C27H25F3N4O4S/c1-36-21-7-5-4-6-20(21)34-24(15-31-25(35)18-10-13-22(37-2)23(14-18)38-3)32-33-26(34)39-16-17-8-11-19(12-9-17)27(28,29)30/h4-14H,15-16H2,1-3H3,(H,31,35). The van der Waals surface area contributed by atoms with Gasteiger partial charge in [0.25, 0.3) is 5.91 Å². The normalized spacial score (nSPS) is 11.2. The minimum absolute atomic E-state index is 0.0407. The zero-order valence-electron chi connectivity index (χ0n) is 21.3. The number of rotatable bonds is 10. The van der Waals surface area contributed by atoms with Crippen LogP contribution in [0, 0.1) is 0 Å². The van der Waals surface area contributed by atoms with Crippen LogP contribution in [-0.4, -0.2) is 42.0 Å². The van der Waals surface area contributed by atoms with Crippen LogP contribution in [0.5, 0.6) is 17.2 Å². The molecule has 0 saturated heterocycles. The zero-order valence-corrected chi connectivity index (χ0v) is 22.1. The fourth-order valence-corrected chi connectivity index (χ4v) is 4.66. The molecule has 1 N–H and O–H groups in total. The number of ether oxygens (including phenoxy) is 3. The molecule has 0 bridgehead atoms. The maximum atomic E-state index is 12.9. The van der Waals surface area contributed by atoms with E-state index in [-0.39, 0.29) is 12.5 Å². The highest BCUT2D eigenvalue weighted by atomic mass is 32.2. The molecule has 0 atom stereocenters. The largest absolute Gasteiger partial charge is 0.495 e. The number of carbonyl (C=O) groups is 1. The summed E-state index contributed by atoms with van der Waals surface area (Å²) in [6.07, 6.45) is -4.40. The zero-order chi connectivity index (χ0) is 28.0. The Morgan fingerprint density at radius 3 is 2.26 bits per heavy atom. The van der Waals surface area contributed by atoms with Crippen molar-refractivity contribution in [2.75, 3.05) is 21.3 Å². The van der Waals surface area contributed by atoms with E-state index in [2.05, 4.69) is 15.5 Å². The maximum absolute atomic E-state index is 12.9. The van der Waals surface area contributed by atoms with Gasteiger partial charge in [-0.3, -0.25) is 9.36 Å². The second-order valence-corrected chi connectivity index (χ2v) is 9.08. The number of carbonyl (C=O) groups excluding carboxylic acids is 1. The van der Waals surface area contributed by atoms with Gasteiger partial charge in [-0.2, -0.15) is 13.2 Å². The van der Waals surface area contributed by atoms with Crippen LogP contribution < -0.4 is 19.5 Å². The maximum Gasteiger partial charge on any atom is 0.416 e. The lowest BCUT2D eigenvalue weighted by Gasteiger charge is -2.14. The molecule has 8 nitrogen and oxygen atoms in total. The van der Waals surface area contributed by atoms with Gasteiger partial charge >= 0.3 is 6.18 Å². The van der Waals surface area contributed by atoms with Crippen LogP contribution in [0.4, 0.5) is 13.2 Å². The molecule has 1 heterocycles. The summed E-state index contributed by atoms with van der Waals surface area (Å²) in [6.45, 7) is 0.0407. The summed E-state index contributed by atoms with van der Waals surface area (Å²) in [4.78, 5) is 12.9. The average Bonchev–Trinajstić information content (AvgIpc) is 3.36. The lowest BCUT2D eigenvalue weighted by molar-refractivity contribution is -0.137. The van der Waals surface area contributed by atoms with Gasteiger partial charge in [0.05, 0.1) is 39.1 Å². The lowest BCUT2D eigenvalue weighted by Crippen LogP contribution is -2.24. The number of alkyl halides is 3. The Morgan fingerprint density at radius 1 is 0.897 bits per heavy atom. The summed E-state index contributed by atoms with van der Waals surface area (Å²) >= 11 is 1.30. The number of nitrogens with one attached hydrogen (secondary N) is 1. The smallest absolute Gasteiger partial charge is 0.416 e. The minimum Gasteiger partial charge on any atom is -0.495 e. The third-order valence-electron chi connectivity index (χ3n) is 5.73. The van der Waals surface area contributed by atoms with Crippen molar-refractivity contribution in [3.8, 4) is 22.9 Å². The number of methoxy groups -OCH3 is 3. The molecule has 204 valence electrons. The number of benzene rings is 3. The number of nitrogens with zero attached hydrogens (tertiary/aromatic N) is 3. The first-order valence-electron chi connectivity index (χ1n) is 11.6. The Bertz CT molecular complexity index is 1440. The van der Waals surface area contributed by atoms with Crippen molar-refractivity contribution in [1.29, 1.82) is 0 Å². The first-order chi connectivity index (χ1) is 18.7. The minimum atomic E-state index is -4.40. The Morgan fingerprint density at radius 2 is 1.59 bits per heavy atom. The summed E-state index contributed by atoms with van der Waals surface area (Å²) in [5.74, 6) is 1.90. The summed E-state index contributed by atoms with van der Waals surface area (Å²) in [6, 6.07) is 17.1. The predicted octanol–water partition coefficient (Wildman–Crippen LogP) is 5.53. The lowest BCUT2D eigenvalue weighted by atomic mass is 10.1.